The fourth-order valence-corrected chi connectivity index (χ4v) is 1.59. The Balaban J connectivity index is 2.55. The number of rotatable bonds is 1. The zero-order valence-electron chi connectivity index (χ0n) is 8.75. The van der Waals surface area contributed by atoms with Gasteiger partial charge in [-0.1, -0.05) is 12.2 Å². The van der Waals surface area contributed by atoms with Crippen LogP contribution in [0, 0.1) is 10.5 Å². The van der Waals surface area contributed by atoms with Crippen molar-refractivity contribution in [1.82, 2.24) is 9.97 Å². The molecule has 0 aliphatic carbocycles. The van der Waals surface area contributed by atoms with Crippen molar-refractivity contribution >= 4 is 12.2 Å². The molecule has 0 spiro atoms. The van der Waals surface area contributed by atoms with Gasteiger partial charge in [-0.25, -0.2) is 9.37 Å². The van der Waals surface area contributed by atoms with E-state index in [-0.39, 0.29) is 10.3 Å². The standard InChI is InChI=1S/C11H6F4N2S/c12-7-3-1-6(2-4-7)8-5-9(18)17-10(16-8)11(13,14)15/h1-5H,(H,16,17,18). The maximum absolute atomic E-state index is 12.7. The topological polar surface area (TPSA) is 28.7 Å². The van der Waals surface area contributed by atoms with Crippen LogP contribution in [0.1, 0.15) is 5.82 Å². The Labute approximate surface area is 104 Å². The second kappa shape index (κ2) is 4.49. The highest BCUT2D eigenvalue weighted by molar-refractivity contribution is 7.71. The summed E-state index contributed by atoms with van der Waals surface area (Å²) in [5, 5.41) is 0. The number of halogens is 4. The van der Waals surface area contributed by atoms with Gasteiger partial charge in [0.05, 0.1) is 0 Å². The van der Waals surface area contributed by atoms with Gasteiger partial charge in [-0.05, 0) is 35.9 Å². The van der Waals surface area contributed by atoms with Crippen molar-refractivity contribution in [2.45, 2.75) is 6.18 Å². The fourth-order valence-electron chi connectivity index (χ4n) is 1.38. The molecule has 0 bridgehead atoms. The molecule has 0 fully saturated rings. The minimum absolute atomic E-state index is 0.141. The Hall–Kier alpha value is -1.76. The lowest BCUT2D eigenvalue weighted by Gasteiger charge is -2.08. The third-order valence-corrected chi connectivity index (χ3v) is 2.38. The van der Waals surface area contributed by atoms with Crippen LogP contribution in [0.4, 0.5) is 17.6 Å². The molecule has 0 saturated heterocycles. The van der Waals surface area contributed by atoms with E-state index in [4.69, 9.17) is 0 Å². The average molecular weight is 274 g/mol. The summed E-state index contributed by atoms with van der Waals surface area (Å²) in [6.07, 6.45) is -4.61. The Morgan fingerprint density at radius 2 is 1.72 bits per heavy atom. The second-order valence-electron chi connectivity index (χ2n) is 3.49. The number of alkyl halides is 3. The van der Waals surface area contributed by atoms with Crippen LogP contribution in [0.25, 0.3) is 11.3 Å². The molecule has 7 heteroatoms. The van der Waals surface area contributed by atoms with Crippen LogP contribution in [0.5, 0.6) is 0 Å². The lowest BCUT2D eigenvalue weighted by atomic mass is 10.1. The summed E-state index contributed by atoms with van der Waals surface area (Å²) in [7, 11) is 0. The fraction of sp³-hybridized carbons (Fsp3) is 0.0909. The van der Waals surface area contributed by atoms with Gasteiger partial charge in [0.1, 0.15) is 10.5 Å². The SMILES string of the molecule is Fc1ccc(-c2cc(=S)nc(C(F)(F)F)[nH]2)cc1. The van der Waals surface area contributed by atoms with E-state index in [2.05, 4.69) is 22.2 Å². The van der Waals surface area contributed by atoms with Gasteiger partial charge in [-0.2, -0.15) is 13.2 Å². The van der Waals surface area contributed by atoms with Crippen molar-refractivity contribution in [2.75, 3.05) is 0 Å². The van der Waals surface area contributed by atoms with Crippen LogP contribution >= 0.6 is 12.2 Å². The maximum atomic E-state index is 12.7. The van der Waals surface area contributed by atoms with Crippen LogP contribution in [-0.2, 0) is 6.18 Å². The van der Waals surface area contributed by atoms with Crippen LogP contribution < -0.4 is 0 Å². The van der Waals surface area contributed by atoms with Crippen molar-refractivity contribution in [1.29, 1.82) is 0 Å². The lowest BCUT2D eigenvalue weighted by Crippen LogP contribution is -2.11. The zero-order chi connectivity index (χ0) is 13.3. The van der Waals surface area contributed by atoms with Crippen molar-refractivity contribution in [3.8, 4) is 11.3 Å². The summed E-state index contributed by atoms with van der Waals surface area (Å²) in [6, 6.07) is 6.31. The largest absolute Gasteiger partial charge is 0.449 e. The predicted molar refractivity (Wildman–Crippen MR) is 59.8 cm³/mol. The number of H-pyrrole nitrogens is 1. The first-order valence-corrected chi connectivity index (χ1v) is 5.21. The maximum Gasteiger partial charge on any atom is 0.449 e. The first-order valence-electron chi connectivity index (χ1n) is 4.81. The molecule has 0 saturated carbocycles. The summed E-state index contributed by atoms with van der Waals surface area (Å²) >= 11 is 4.68. The first-order chi connectivity index (χ1) is 8.36. The number of nitrogens with one attached hydrogen (secondary N) is 1. The zero-order valence-corrected chi connectivity index (χ0v) is 9.57. The van der Waals surface area contributed by atoms with Gasteiger partial charge in [-0.3, -0.25) is 0 Å². The van der Waals surface area contributed by atoms with E-state index < -0.39 is 17.8 Å². The summed E-state index contributed by atoms with van der Waals surface area (Å²) in [5.74, 6) is -1.64. The number of aromatic amines is 1. The monoisotopic (exact) mass is 274 g/mol. The minimum Gasteiger partial charge on any atom is -0.336 e. The second-order valence-corrected chi connectivity index (χ2v) is 3.90. The molecule has 1 aromatic heterocycles. The molecule has 0 amide bonds. The molecule has 0 atom stereocenters. The highest BCUT2D eigenvalue weighted by Gasteiger charge is 2.34. The van der Waals surface area contributed by atoms with Gasteiger partial charge in [0, 0.05) is 5.69 Å². The van der Waals surface area contributed by atoms with Gasteiger partial charge in [-0.15, -0.1) is 0 Å². The predicted octanol–water partition coefficient (Wildman–Crippen LogP) is 3.96. The van der Waals surface area contributed by atoms with Crippen molar-refractivity contribution in [3.63, 3.8) is 0 Å². The van der Waals surface area contributed by atoms with E-state index in [1.165, 1.54) is 18.2 Å². The smallest absolute Gasteiger partial charge is 0.336 e. The van der Waals surface area contributed by atoms with Crippen molar-refractivity contribution in [2.24, 2.45) is 0 Å². The number of aromatic nitrogens is 2. The molecule has 1 heterocycles. The summed E-state index contributed by atoms with van der Waals surface area (Å²) < 4.78 is 50.1. The van der Waals surface area contributed by atoms with Crippen LogP contribution in [0.2, 0.25) is 0 Å². The summed E-state index contributed by atoms with van der Waals surface area (Å²) in [4.78, 5) is 5.34. The normalized spacial score (nSPS) is 11.6. The molecule has 0 aliphatic rings. The third kappa shape index (κ3) is 2.73. The van der Waals surface area contributed by atoms with Gasteiger partial charge in [0.2, 0.25) is 5.82 Å². The molecule has 1 N–H and O–H groups in total. The highest BCUT2D eigenvalue weighted by atomic mass is 32.1. The van der Waals surface area contributed by atoms with E-state index >= 15 is 0 Å². The van der Waals surface area contributed by atoms with Crippen LogP contribution in [-0.4, -0.2) is 9.97 Å². The van der Waals surface area contributed by atoms with Crippen molar-refractivity contribution in [3.05, 3.63) is 46.6 Å². The third-order valence-electron chi connectivity index (χ3n) is 2.17. The van der Waals surface area contributed by atoms with Crippen LogP contribution in [0.15, 0.2) is 30.3 Å². The molecule has 0 radical (unpaired) electrons. The average Bonchev–Trinajstić information content (AvgIpc) is 2.28. The molecule has 2 aromatic rings. The number of nitrogens with zero attached hydrogens (tertiary/aromatic N) is 1. The molecule has 2 nitrogen and oxygen atoms in total. The minimum atomic E-state index is -4.61. The van der Waals surface area contributed by atoms with E-state index in [1.807, 2.05) is 0 Å². The number of hydrogen-bond acceptors (Lipinski definition) is 2. The molecule has 18 heavy (non-hydrogen) atoms. The Kier molecular flexibility index (Phi) is 3.16. The summed E-state index contributed by atoms with van der Waals surface area (Å²) in [6.45, 7) is 0. The van der Waals surface area contributed by atoms with Gasteiger partial charge >= 0.3 is 6.18 Å². The molecular weight excluding hydrogens is 268 g/mol. The van der Waals surface area contributed by atoms with Crippen LogP contribution in [0.3, 0.4) is 0 Å². The quantitative estimate of drug-likeness (QED) is 0.629. The lowest BCUT2D eigenvalue weighted by molar-refractivity contribution is -0.144. The Morgan fingerprint density at radius 1 is 1.11 bits per heavy atom. The molecule has 2 rings (SSSR count). The molecule has 0 unspecified atom stereocenters. The molecule has 1 aromatic carbocycles. The molecule has 0 aliphatic heterocycles. The Bertz CT molecular complexity index is 616. The van der Waals surface area contributed by atoms with E-state index in [1.54, 1.807) is 0 Å². The van der Waals surface area contributed by atoms with E-state index in [9.17, 15) is 17.6 Å². The number of hydrogen-bond donors (Lipinski definition) is 1. The summed E-state index contributed by atoms with van der Waals surface area (Å²) in [5.41, 5.74) is 0.540. The highest BCUT2D eigenvalue weighted by Crippen LogP contribution is 2.28. The van der Waals surface area contributed by atoms with Gasteiger partial charge in [0.15, 0.2) is 0 Å². The van der Waals surface area contributed by atoms with Gasteiger partial charge < -0.3 is 4.98 Å². The molecular formula is C11H6F4N2S. The van der Waals surface area contributed by atoms with Crippen molar-refractivity contribution < 1.29 is 17.6 Å². The molecule has 94 valence electrons. The van der Waals surface area contributed by atoms with E-state index in [0.29, 0.717) is 5.56 Å². The van der Waals surface area contributed by atoms with Gasteiger partial charge in [0.25, 0.3) is 0 Å². The Morgan fingerprint density at radius 3 is 2.28 bits per heavy atom. The number of benzene rings is 1. The van der Waals surface area contributed by atoms with E-state index in [0.717, 1.165) is 12.1 Å². The first kappa shape index (κ1) is 12.7.